The van der Waals surface area contributed by atoms with Gasteiger partial charge in [0.25, 0.3) is 10.1 Å². The summed E-state index contributed by atoms with van der Waals surface area (Å²) in [7, 11) is -4.52. The van der Waals surface area contributed by atoms with Gasteiger partial charge < -0.3 is 0 Å². The number of hydrogen-bond donors (Lipinski definition) is 1. The van der Waals surface area contributed by atoms with Crippen LogP contribution >= 0.6 is 0 Å². The summed E-state index contributed by atoms with van der Waals surface area (Å²) < 4.78 is 37.6. The van der Waals surface area contributed by atoms with Crippen LogP contribution in [0.4, 0.5) is 0 Å². The van der Waals surface area contributed by atoms with E-state index in [1.807, 2.05) is 6.92 Å². The maximum Gasteiger partial charge on any atom is 0.295 e. The van der Waals surface area contributed by atoms with Crippen LogP contribution in [0.2, 0.25) is 0 Å². The van der Waals surface area contributed by atoms with Crippen molar-refractivity contribution in [3.05, 3.63) is 96.1 Å². The van der Waals surface area contributed by atoms with Crippen LogP contribution in [0.25, 0.3) is 66.0 Å². The van der Waals surface area contributed by atoms with Crippen LogP contribution in [-0.2, 0) is 10.1 Å². The molecule has 0 radical (unpaired) electrons. The fourth-order valence-corrected chi connectivity index (χ4v) is 11.6. The highest BCUT2D eigenvalue weighted by atomic mass is 32.2. The molecule has 0 aromatic heterocycles. The van der Waals surface area contributed by atoms with Gasteiger partial charge >= 0.3 is 0 Å². The molecule has 0 amide bonds. The van der Waals surface area contributed by atoms with E-state index in [-0.39, 0.29) is 16.7 Å². The van der Waals surface area contributed by atoms with Crippen molar-refractivity contribution in [1.82, 2.24) is 0 Å². The minimum atomic E-state index is -4.52. The molecule has 44 heavy (non-hydrogen) atoms. The fourth-order valence-electron chi connectivity index (χ4n) is 10.7. The molecule has 4 aliphatic carbocycles. The molecule has 2 atom stereocenters. The van der Waals surface area contributed by atoms with Crippen molar-refractivity contribution in [3.8, 4) is 0 Å². The second-order valence-electron chi connectivity index (χ2n) is 14.1. The molecule has 4 aliphatic rings. The van der Waals surface area contributed by atoms with Crippen molar-refractivity contribution in [2.24, 2.45) is 0 Å². The van der Waals surface area contributed by atoms with Crippen LogP contribution in [0.1, 0.15) is 84.0 Å². The monoisotopic (exact) mass is 592 g/mol. The van der Waals surface area contributed by atoms with E-state index >= 15 is 0 Å². The van der Waals surface area contributed by atoms with Gasteiger partial charge in [-0.05, 0) is 194 Å². The highest BCUT2D eigenvalue weighted by Crippen LogP contribution is 2.66. The van der Waals surface area contributed by atoms with Gasteiger partial charge in [-0.25, -0.2) is 0 Å². The van der Waals surface area contributed by atoms with Crippen molar-refractivity contribution in [3.63, 3.8) is 0 Å². The molecule has 10 rings (SSSR count). The van der Waals surface area contributed by atoms with E-state index in [0.29, 0.717) is 10.9 Å². The minimum Gasteiger partial charge on any atom is -0.282 e. The first-order valence-corrected chi connectivity index (χ1v) is 17.0. The maximum atomic E-state index is 13.4. The van der Waals surface area contributed by atoms with E-state index < -0.39 is 10.1 Å². The lowest BCUT2D eigenvalue weighted by atomic mass is 9.55. The zero-order valence-corrected chi connectivity index (χ0v) is 27.0. The average Bonchev–Trinajstić information content (AvgIpc) is 2.93. The summed E-state index contributed by atoms with van der Waals surface area (Å²) >= 11 is 0. The van der Waals surface area contributed by atoms with Crippen molar-refractivity contribution in [2.75, 3.05) is 0 Å². The van der Waals surface area contributed by atoms with E-state index in [1.165, 1.54) is 93.6 Å². The van der Waals surface area contributed by atoms with E-state index in [0.717, 1.165) is 27.3 Å². The van der Waals surface area contributed by atoms with Crippen molar-refractivity contribution >= 4 is 76.1 Å². The zero-order valence-electron chi connectivity index (χ0n) is 26.2. The summed E-state index contributed by atoms with van der Waals surface area (Å²) in [5.74, 6) is 0.381. The first kappa shape index (κ1) is 25.3. The van der Waals surface area contributed by atoms with Gasteiger partial charge in [0, 0.05) is 17.2 Å². The van der Waals surface area contributed by atoms with Gasteiger partial charge in [0.05, 0.1) is 0 Å². The first-order valence-electron chi connectivity index (χ1n) is 15.6. The SMILES string of the molecule is CC1=Cc2cc3cc(C)c4c(C)c(C)c5c(C)c(S(=O)(=O)O)c6cc7c8c9c(c2C2C1=C(C)C(C)=C(C(C)=C7)C82)c3c4c5c69. The summed E-state index contributed by atoms with van der Waals surface area (Å²) in [5.41, 5.74) is 17.4. The third kappa shape index (κ3) is 2.44. The Hall–Kier alpha value is -3.99. The molecule has 0 aliphatic heterocycles. The zero-order chi connectivity index (χ0) is 30.6. The molecule has 6 aromatic carbocycles. The summed E-state index contributed by atoms with van der Waals surface area (Å²) in [6, 6.07) is 6.88. The smallest absolute Gasteiger partial charge is 0.282 e. The second-order valence-corrected chi connectivity index (χ2v) is 15.4. The molecule has 4 heteroatoms. The number of benzene rings is 6. The summed E-state index contributed by atoms with van der Waals surface area (Å²) in [4.78, 5) is 0.0551. The Balaban J connectivity index is 1.67. The number of hydrogen-bond acceptors (Lipinski definition) is 2. The Labute approximate surface area is 256 Å². The molecule has 0 saturated heterocycles. The Kier molecular flexibility index (Phi) is 4.19. The van der Waals surface area contributed by atoms with E-state index in [4.69, 9.17) is 0 Å². The number of aryl methyl sites for hydroxylation is 4. The molecule has 0 bridgehead atoms. The minimum absolute atomic E-state index is 0.0551. The number of rotatable bonds is 1. The predicted octanol–water partition coefficient (Wildman–Crippen LogP) is 10.5. The quantitative estimate of drug-likeness (QED) is 0.117. The van der Waals surface area contributed by atoms with Crippen molar-refractivity contribution in [2.45, 2.75) is 72.1 Å². The first-order chi connectivity index (χ1) is 20.8. The van der Waals surface area contributed by atoms with Gasteiger partial charge in [-0.15, -0.1) is 0 Å². The largest absolute Gasteiger partial charge is 0.295 e. The van der Waals surface area contributed by atoms with Gasteiger partial charge in [-0.2, -0.15) is 8.42 Å². The lowest BCUT2D eigenvalue weighted by Gasteiger charge is -2.47. The highest BCUT2D eigenvalue weighted by molar-refractivity contribution is 7.86. The van der Waals surface area contributed by atoms with E-state index in [9.17, 15) is 13.0 Å². The molecular formula is C40H32O3S. The molecule has 0 fully saturated rings. The Morgan fingerprint density at radius 3 is 1.68 bits per heavy atom. The Morgan fingerprint density at radius 1 is 0.568 bits per heavy atom. The van der Waals surface area contributed by atoms with Crippen LogP contribution < -0.4 is 0 Å². The molecule has 0 saturated carbocycles. The van der Waals surface area contributed by atoms with Gasteiger partial charge in [0.2, 0.25) is 0 Å². The lowest BCUT2D eigenvalue weighted by molar-refractivity contribution is 0.484. The van der Waals surface area contributed by atoms with Gasteiger partial charge in [0.15, 0.2) is 0 Å². The summed E-state index contributed by atoms with van der Waals surface area (Å²) in [6.07, 6.45) is 4.66. The Morgan fingerprint density at radius 2 is 1.09 bits per heavy atom. The third-order valence-corrected chi connectivity index (χ3v) is 13.2. The van der Waals surface area contributed by atoms with Crippen LogP contribution in [0.3, 0.4) is 0 Å². The standard InChI is InChI=1S/C40H32O3S/c1-14-9-22-12-23-10-15(2)28-19(6)20(7)29-21(8)40(44(41,42)43)25-13-24-11-16(3)27-18(5)17(4)26(14)34-30(22)38-31(23)36(28)37(29)33(25)39(38)32(24)35(27)34/h9-13,34-35H,1-8H3,(H,41,42,43). The number of allylic oxidation sites excluding steroid dienone is 6. The van der Waals surface area contributed by atoms with Crippen molar-refractivity contribution in [1.29, 1.82) is 0 Å². The average molecular weight is 593 g/mol. The molecular weight excluding hydrogens is 561 g/mol. The molecule has 0 heterocycles. The molecule has 2 unspecified atom stereocenters. The van der Waals surface area contributed by atoms with Crippen LogP contribution in [-0.4, -0.2) is 13.0 Å². The van der Waals surface area contributed by atoms with Gasteiger partial charge in [0.1, 0.15) is 4.90 Å². The lowest BCUT2D eigenvalue weighted by Crippen LogP contribution is -2.30. The Bertz CT molecular complexity index is 2740. The molecule has 3 nitrogen and oxygen atoms in total. The molecule has 0 spiro atoms. The summed E-state index contributed by atoms with van der Waals surface area (Å²) in [5, 5.41) is 11.3. The normalized spacial score (nSPS) is 20.7. The molecule has 6 aromatic rings. The third-order valence-electron chi connectivity index (χ3n) is 12.2. The fraction of sp³-hybridized carbons (Fsp3) is 0.250. The predicted molar refractivity (Wildman–Crippen MR) is 183 cm³/mol. The van der Waals surface area contributed by atoms with Gasteiger partial charge in [-0.1, -0.05) is 18.2 Å². The van der Waals surface area contributed by atoms with Gasteiger partial charge in [-0.3, -0.25) is 4.55 Å². The molecule has 216 valence electrons. The van der Waals surface area contributed by atoms with Crippen LogP contribution in [0.5, 0.6) is 0 Å². The summed E-state index contributed by atoms with van der Waals surface area (Å²) in [6.45, 7) is 17.5. The van der Waals surface area contributed by atoms with Crippen LogP contribution in [0.15, 0.2) is 56.5 Å². The van der Waals surface area contributed by atoms with Crippen molar-refractivity contribution < 1.29 is 13.0 Å². The highest BCUT2D eigenvalue weighted by Gasteiger charge is 2.47. The second kappa shape index (κ2) is 7.28. The van der Waals surface area contributed by atoms with E-state index in [2.05, 4.69) is 78.8 Å². The van der Waals surface area contributed by atoms with E-state index in [1.54, 1.807) is 0 Å². The maximum absolute atomic E-state index is 13.4. The molecule has 1 N–H and O–H groups in total. The topological polar surface area (TPSA) is 54.4 Å². The van der Waals surface area contributed by atoms with Crippen LogP contribution in [0, 0.1) is 27.7 Å².